The molecule has 2 aromatic rings. The molecule has 0 radical (unpaired) electrons. The van der Waals surface area contributed by atoms with Gasteiger partial charge in [0.25, 0.3) is 0 Å². The molecule has 0 unspecified atom stereocenters. The van der Waals surface area contributed by atoms with E-state index in [0.29, 0.717) is 17.8 Å². The zero-order chi connectivity index (χ0) is 11.0. The number of imidazole rings is 1. The molecule has 0 saturated carbocycles. The summed E-state index contributed by atoms with van der Waals surface area (Å²) in [6.45, 7) is 3.93. The predicted octanol–water partition coefficient (Wildman–Crippen LogP) is 2.22. The number of carbonyl (C=O) groups is 1. The first kappa shape index (κ1) is 10.2. The summed E-state index contributed by atoms with van der Waals surface area (Å²) in [5.74, 6) is -0.896. The van der Waals surface area contributed by atoms with Crippen LogP contribution in [-0.4, -0.2) is 20.5 Å². The molecule has 0 aliphatic rings. The normalized spacial score (nSPS) is 11.1. The van der Waals surface area contributed by atoms with Crippen molar-refractivity contribution < 1.29 is 9.90 Å². The Balaban J connectivity index is 2.79. The fourth-order valence-corrected chi connectivity index (χ4v) is 2.66. The first-order chi connectivity index (χ1) is 7.19. The Bertz CT molecular complexity index is 513. The van der Waals surface area contributed by atoms with Crippen molar-refractivity contribution in [2.75, 3.05) is 0 Å². The molecule has 0 aromatic carbocycles. The molecule has 2 aromatic heterocycles. The molecule has 15 heavy (non-hydrogen) atoms. The van der Waals surface area contributed by atoms with Gasteiger partial charge >= 0.3 is 5.97 Å². The highest BCUT2D eigenvalue weighted by Gasteiger charge is 2.19. The number of hydrogen-bond acceptors (Lipinski definition) is 3. The maximum Gasteiger partial charge on any atom is 0.354 e. The number of hydrogen-bond donors (Lipinski definition) is 1. The fraction of sp³-hybridized carbons (Fsp3) is 0.400. The van der Waals surface area contributed by atoms with Gasteiger partial charge in [-0.15, -0.1) is 11.3 Å². The van der Waals surface area contributed by atoms with Gasteiger partial charge in [-0.3, -0.25) is 4.40 Å². The molecule has 4 nitrogen and oxygen atoms in total. The molecule has 0 atom stereocenters. The van der Waals surface area contributed by atoms with Crippen LogP contribution in [0.5, 0.6) is 0 Å². The van der Waals surface area contributed by atoms with E-state index in [1.54, 1.807) is 4.40 Å². The van der Waals surface area contributed by atoms with Crippen LogP contribution in [0.25, 0.3) is 4.96 Å². The summed E-state index contributed by atoms with van der Waals surface area (Å²) in [6.07, 6.45) is 1.47. The smallest absolute Gasteiger partial charge is 0.354 e. The van der Waals surface area contributed by atoms with Crippen molar-refractivity contribution in [2.45, 2.75) is 26.7 Å². The molecule has 1 N–H and O–H groups in total. The van der Waals surface area contributed by atoms with Crippen LogP contribution in [0.1, 0.15) is 35.7 Å². The van der Waals surface area contributed by atoms with E-state index in [1.165, 1.54) is 11.3 Å². The minimum atomic E-state index is -0.896. The van der Waals surface area contributed by atoms with Gasteiger partial charge in [-0.05, 0) is 12.8 Å². The molecule has 0 amide bonds. The van der Waals surface area contributed by atoms with Crippen molar-refractivity contribution in [3.8, 4) is 0 Å². The van der Waals surface area contributed by atoms with Gasteiger partial charge in [0.2, 0.25) is 0 Å². The lowest BCUT2D eigenvalue weighted by atomic mass is 10.2. The maximum absolute atomic E-state index is 11.2. The summed E-state index contributed by atoms with van der Waals surface area (Å²) in [5.41, 5.74) is 2.01. The van der Waals surface area contributed by atoms with E-state index >= 15 is 0 Å². The minimum absolute atomic E-state index is 0.325. The van der Waals surface area contributed by atoms with Gasteiger partial charge in [0, 0.05) is 11.1 Å². The van der Waals surface area contributed by atoms with Crippen LogP contribution in [-0.2, 0) is 12.8 Å². The lowest BCUT2D eigenvalue weighted by Gasteiger charge is -1.98. The summed E-state index contributed by atoms with van der Waals surface area (Å²) in [7, 11) is 0. The highest BCUT2D eigenvalue weighted by Crippen LogP contribution is 2.22. The Morgan fingerprint density at radius 2 is 2.27 bits per heavy atom. The molecular weight excluding hydrogens is 212 g/mol. The molecule has 0 aliphatic carbocycles. The molecule has 5 heteroatoms. The van der Waals surface area contributed by atoms with Crippen LogP contribution < -0.4 is 0 Å². The summed E-state index contributed by atoms with van der Waals surface area (Å²) in [5, 5.41) is 11.1. The molecule has 0 fully saturated rings. The number of carboxylic acids is 1. The second-order valence-electron chi connectivity index (χ2n) is 3.26. The van der Waals surface area contributed by atoms with Crippen LogP contribution in [0.15, 0.2) is 5.38 Å². The van der Waals surface area contributed by atoms with Crippen LogP contribution in [0.2, 0.25) is 0 Å². The molecule has 0 aliphatic heterocycles. The number of nitrogens with zero attached hydrogens (tertiary/aromatic N) is 2. The Hall–Kier alpha value is -1.36. The van der Waals surface area contributed by atoms with Gasteiger partial charge in [0.15, 0.2) is 10.7 Å². The van der Waals surface area contributed by atoms with Gasteiger partial charge in [0.05, 0.1) is 5.69 Å². The monoisotopic (exact) mass is 224 g/mol. The summed E-state index contributed by atoms with van der Waals surface area (Å²) >= 11 is 1.49. The lowest BCUT2D eigenvalue weighted by molar-refractivity contribution is 0.0688. The Labute approximate surface area is 91.2 Å². The van der Waals surface area contributed by atoms with E-state index in [9.17, 15) is 4.79 Å². The highest BCUT2D eigenvalue weighted by molar-refractivity contribution is 7.15. The van der Waals surface area contributed by atoms with E-state index < -0.39 is 5.97 Å². The van der Waals surface area contributed by atoms with E-state index in [4.69, 9.17) is 5.11 Å². The Kier molecular flexibility index (Phi) is 2.48. The van der Waals surface area contributed by atoms with E-state index in [0.717, 1.165) is 17.1 Å². The average Bonchev–Trinajstić information content (AvgIpc) is 2.73. The number of aromatic carboxylic acids is 1. The zero-order valence-electron chi connectivity index (χ0n) is 8.65. The molecule has 0 bridgehead atoms. The van der Waals surface area contributed by atoms with Gasteiger partial charge in [-0.1, -0.05) is 13.8 Å². The number of carboxylic acid groups (broad SMARTS) is 1. The van der Waals surface area contributed by atoms with Crippen LogP contribution >= 0.6 is 11.3 Å². The molecule has 80 valence electrons. The van der Waals surface area contributed by atoms with E-state index in [2.05, 4.69) is 4.98 Å². The molecule has 2 heterocycles. The number of aryl methyl sites for hydroxylation is 2. The Morgan fingerprint density at radius 1 is 1.53 bits per heavy atom. The maximum atomic E-state index is 11.2. The SMILES string of the molecule is CCc1nc2scc(CC)n2c1C(=O)O. The first-order valence-electron chi connectivity index (χ1n) is 4.90. The van der Waals surface area contributed by atoms with Crippen LogP contribution in [0.3, 0.4) is 0 Å². The van der Waals surface area contributed by atoms with Crippen molar-refractivity contribution in [1.82, 2.24) is 9.38 Å². The largest absolute Gasteiger partial charge is 0.477 e. The van der Waals surface area contributed by atoms with Crippen molar-refractivity contribution in [2.24, 2.45) is 0 Å². The quantitative estimate of drug-likeness (QED) is 0.869. The predicted molar refractivity (Wildman–Crippen MR) is 58.8 cm³/mol. The first-order valence-corrected chi connectivity index (χ1v) is 5.78. The number of thiazole rings is 1. The average molecular weight is 224 g/mol. The van der Waals surface area contributed by atoms with E-state index in [-0.39, 0.29) is 0 Å². The second-order valence-corrected chi connectivity index (χ2v) is 4.10. The van der Waals surface area contributed by atoms with Crippen molar-refractivity contribution in [3.05, 3.63) is 22.5 Å². The molecule has 0 spiro atoms. The third-order valence-electron chi connectivity index (χ3n) is 2.41. The second kappa shape index (κ2) is 3.66. The Morgan fingerprint density at radius 3 is 2.80 bits per heavy atom. The molecular formula is C10H12N2O2S. The zero-order valence-corrected chi connectivity index (χ0v) is 9.47. The van der Waals surface area contributed by atoms with Gasteiger partial charge in [0.1, 0.15) is 0 Å². The lowest BCUT2D eigenvalue weighted by Crippen LogP contribution is -2.06. The third-order valence-corrected chi connectivity index (χ3v) is 3.28. The van der Waals surface area contributed by atoms with E-state index in [1.807, 2.05) is 19.2 Å². The minimum Gasteiger partial charge on any atom is -0.477 e. The number of fused-ring (bicyclic) bond motifs is 1. The summed E-state index contributed by atoms with van der Waals surface area (Å²) < 4.78 is 1.76. The molecule has 0 saturated heterocycles. The van der Waals surface area contributed by atoms with Crippen LogP contribution in [0.4, 0.5) is 0 Å². The van der Waals surface area contributed by atoms with Crippen molar-refractivity contribution >= 4 is 22.3 Å². The molecule has 2 rings (SSSR count). The fourth-order valence-electron chi connectivity index (χ4n) is 1.67. The van der Waals surface area contributed by atoms with Crippen molar-refractivity contribution in [1.29, 1.82) is 0 Å². The van der Waals surface area contributed by atoms with Crippen molar-refractivity contribution in [3.63, 3.8) is 0 Å². The standard InChI is InChI=1S/C10H12N2O2S/c1-3-6-5-15-10-11-7(4-2)8(9(13)14)12(6)10/h5H,3-4H2,1-2H3,(H,13,14). The van der Waals surface area contributed by atoms with Gasteiger partial charge < -0.3 is 5.11 Å². The topological polar surface area (TPSA) is 54.6 Å². The van der Waals surface area contributed by atoms with Gasteiger partial charge in [-0.25, -0.2) is 9.78 Å². The van der Waals surface area contributed by atoms with Gasteiger partial charge in [-0.2, -0.15) is 0 Å². The highest BCUT2D eigenvalue weighted by atomic mass is 32.1. The number of aromatic nitrogens is 2. The third kappa shape index (κ3) is 1.43. The number of rotatable bonds is 3. The summed E-state index contributed by atoms with van der Waals surface area (Å²) in [6, 6.07) is 0. The van der Waals surface area contributed by atoms with Crippen LogP contribution in [0, 0.1) is 0 Å². The summed E-state index contributed by atoms with van der Waals surface area (Å²) in [4.78, 5) is 16.3.